The second kappa shape index (κ2) is 7.41. The molecule has 0 saturated heterocycles. The molecule has 0 saturated carbocycles. The average Bonchev–Trinajstić information content (AvgIpc) is 2.80. The van der Waals surface area contributed by atoms with Crippen molar-refractivity contribution in [1.29, 1.82) is 0 Å². The summed E-state index contributed by atoms with van der Waals surface area (Å²) in [7, 11) is 0. The molecule has 30 heavy (non-hydrogen) atoms. The van der Waals surface area contributed by atoms with E-state index in [9.17, 15) is 0 Å². The third-order valence-corrected chi connectivity index (χ3v) is 5.58. The maximum atomic E-state index is 6.59. The number of nitrogens with two attached hydrogens (primary N) is 2. The van der Waals surface area contributed by atoms with Gasteiger partial charge in [0.25, 0.3) is 0 Å². The van der Waals surface area contributed by atoms with Crippen LogP contribution in [0.3, 0.4) is 0 Å². The molecule has 0 aliphatic carbocycles. The van der Waals surface area contributed by atoms with E-state index < -0.39 is 0 Å². The Labute approximate surface area is 176 Å². The summed E-state index contributed by atoms with van der Waals surface area (Å²) in [6, 6.07) is 37.5. The highest BCUT2D eigenvalue weighted by Crippen LogP contribution is 2.45. The topological polar surface area (TPSA) is 52.0 Å². The van der Waals surface area contributed by atoms with Crippen molar-refractivity contribution in [1.82, 2.24) is 0 Å². The molecule has 0 bridgehead atoms. The van der Waals surface area contributed by atoms with E-state index in [0.29, 0.717) is 0 Å². The van der Waals surface area contributed by atoms with Crippen LogP contribution in [0.15, 0.2) is 109 Å². The largest absolute Gasteiger partial charge is 0.399 e. The van der Waals surface area contributed by atoms with Crippen molar-refractivity contribution in [2.75, 3.05) is 11.5 Å². The van der Waals surface area contributed by atoms with Crippen LogP contribution in [0.1, 0.15) is 0 Å². The van der Waals surface area contributed by atoms with Crippen LogP contribution in [-0.4, -0.2) is 0 Å². The first-order chi connectivity index (χ1) is 14.7. The molecule has 0 aliphatic heterocycles. The summed E-state index contributed by atoms with van der Waals surface area (Å²) in [6.07, 6.45) is 0. The van der Waals surface area contributed by atoms with E-state index in [-0.39, 0.29) is 0 Å². The first kappa shape index (κ1) is 18.0. The SMILES string of the molecule is Nc1ccc(-c2ccc(N)c(-c3ccccc3)c2-c2cccc3ccccc23)cc1. The van der Waals surface area contributed by atoms with Crippen molar-refractivity contribution in [2.24, 2.45) is 0 Å². The van der Waals surface area contributed by atoms with Gasteiger partial charge in [0.1, 0.15) is 0 Å². The highest BCUT2D eigenvalue weighted by Gasteiger charge is 2.18. The Hall–Kier alpha value is -4.04. The monoisotopic (exact) mass is 386 g/mol. The lowest BCUT2D eigenvalue weighted by atomic mass is 9.85. The Morgan fingerprint density at radius 2 is 1.13 bits per heavy atom. The Bertz CT molecular complexity index is 1330. The number of rotatable bonds is 3. The summed E-state index contributed by atoms with van der Waals surface area (Å²) < 4.78 is 0. The van der Waals surface area contributed by atoms with Crippen LogP contribution in [0.5, 0.6) is 0 Å². The van der Waals surface area contributed by atoms with E-state index in [2.05, 4.69) is 84.9 Å². The fraction of sp³-hybridized carbons (Fsp3) is 0. The lowest BCUT2D eigenvalue weighted by molar-refractivity contribution is 1.56. The van der Waals surface area contributed by atoms with Crippen molar-refractivity contribution in [3.8, 4) is 33.4 Å². The maximum absolute atomic E-state index is 6.59. The first-order valence-corrected chi connectivity index (χ1v) is 10.0. The third-order valence-electron chi connectivity index (χ3n) is 5.58. The number of benzene rings is 5. The highest BCUT2D eigenvalue weighted by molar-refractivity contribution is 6.07. The van der Waals surface area contributed by atoms with E-state index in [1.807, 2.05) is 24.3 Å². The van der Waals surface area contributed by atoms with E-state index in [1.54, 1.807) is 0 Å². The van der Waals surface area contributed by atoms with Crippen LogP contribution in [-0.2, 0) is 0 Å². The molecule has 5 rings (SSSR count). The fourth-order valence-corrected chi connectivity index (χ4v) is 4.16. The molecular formula is C28H22N2. The van der Waals surface area contributed by atoms with Gasteiger partial charge in [0, 0.05) is 22.5 Å². The molecule has 5 aromatic rings. The third kappa shape index (κ3) is 3.09. The van der Waals surface area contributed by atoms with Crippen LogP contribution >= 0.6 is 0 Å². The van der Waals surface area contributed by atoms with Gasteiger partial charge in [0.15, 0.2) is 0 Å². The second-order valence-electron chi connectivity index (χ2n) is 7.47. The quantitative estimate of drug-likeness (QED) is 0.328. The highest BCUT2D eigenvalue weighted by atomic mass is 14.6. The summed E-state index contributed by atoms with van der Waals surface area (Å²) in [6.45, 7) is 0. The minimum atomic E-state index is 0.754. The Balaban J connectivity index is 1.91. The summed E-state index contributed by atoms with van der Waals surface area (Å²) in [5.41, 5.74) is 20.8. The summed E-state index contributed by atoms with van der Waals surface area (Å²) in [4.78, 5) is 0. The Morgan fingerprint density at radius 3 is 1.93 bits per heavy atom. The van der Waals surface area contributed by atoms with Gasteiger partial charge in [-0.1, -0.05) is 91.0 Å². The molecule has 0 spiro atoms. The molecule has 0 radical (unpaired) electrons. The van der Waals surface area contributed by atoms with Gasteiger partial charge in [0.2, 0.25) is 0 Å². The Morgan fingerprint density at radius 1 is 0.433 bits per heavy atom. The van der Waals surface area contributed by atoms with Crippen molar-refractivity contribution in [3.63, 3.8) is 0 Å². The van der Waals surface area contributed by atoms with Gasteiger partial charge in [-0.05, 0) is 51.2 Å². The summed E-state index contributed by atoms with van der Waals surface area (Å²) in [5, 5.41) is 2.42. The molecule has 4 N–H and O–H groups in total. The average molecular weight is 386 g/mol. The Kier molecular flexibility index (Phi) is 4.45. The second-order valence-corrected chi connectivity index (χ2v) is 7.47. The van der Waals surface area contributed by atoms with Crippen molar-refractivity contribution in [3.05, 3.63) is 109 Å². The maximum Gasteiger partial charge on any atom is 0.0400 e. The molecule has 0 aliphatic rings. The first-order valence-electron chi connectivity index (χ1n) is 10.0. The van der Waals surface area contributed by atoms with Gasteiger partial charge in [-0.3, -0.25) is 0 Å². The molecule has 0 fully saturated rings. The molecule has 0 heterocycles. The number of anilines is 2. The zero-order chi connectivity index (χ0) is 20.5. The molecular weight excluding hydrogens is 364 g/mol. The molecule has 2 nitrogen and oxygen atoms in total. The lowest BCUT2D eigenvalue weighted by Crippen LogP contribution is -1.97. The van der Waals surface area contributed by atoms with E-state index in [1.165, 1.54) is 16.3 Å². The predicted molar refractivity (Wildman–Crippen MR) is 129 cm³/mol. The molecule has 2 heteroatoms. The van der Waals surface area contributed by atoms with E-state index in [0.717, 1.165) is 39.2 Å². The van der Waals surface area contributed by atoms with Gasteiger partial charge in [-0.15, -0.1) is 0 Å². The van der Waals surface area contributed by atoms with Crippen LogP contribution in [0.2, 0.25) is 0 Å². The van der Waals surface area contributed by atoms with Gasteiger partial charge in [-0.2, -0.15) is 0 Å². The van der Waals surface area contributed by atoms with Crippen LogP contribution < -0.4 is 11.5 Å². The zero-order valence-electron chi connectivity index (χ0n) is 16.5. The van der Waals surface area contributed by atoms with Gasteiger partial charge >= 0.3 is 0 Å². The van der Waals surface area contributed by atoms with Crippen molar-refractivity contribution < 1.29 is 0 Å². The minimum absolute atomic E-state index is 0.754. The van der Waals surface area contributed by atoms with Crippen molar-refractivity contribution >= 4 is 22.1 Å². The zero-order valence-corrected chi connectivity index (χ0v) is 16.5. The number of nitrogen functional groups attached to an aromatic ring is 2. The summed E-state index contributed by atoms with van der Waals surface area (Å²) >= 11 is 0. The molecule has 5 aromatic carbocycles. The van der Waals surface area contributed by atoms with E-state index >= 15 is 0 Å². The number of fused-ring (bicyclic) bond motifs is 1. The molecule has 0 atom stereocenters. The molecule has 0 aromatic heterocycles. The predicted octanol–water partition coefficient (Wildman–Crippen LogP) is 7.01. The van der Waals surface area contributed by atoms with E-state index in [4.69, 9.17) is 11.5 Å². The van der Waals surface area contributed by atoms with Gasteiger partial charge < -0.3 is 11.5 Å². The van der Waals surface area contributed by atoms with Crippen LogP contribution in [0.4, 0.5) is 11.4 Å². The lowest BCUT2D eigenvalue weighted by Gasteiger charge is -2.20. The number of hydrogen-bond donors (Lipinski definition) is 2. The molecule has 144 valence electrons. The fourth-order valence-electron chi connectivity index (χ4n) is 4.16. The van der Waals surface area contributed by atoms with Gasteiger partial charge in [-0.25, -0.2) is 0 Å². The minimum Gasteiger partial charge on any atom is -0.399 e. The molecule has 0 unspecified atom stereocenters. The summed E-state index contributed by atoms with van der Waals surface area (Å²) in [5.74, 6) is 0. The van der Waals surface area contributed by atoms with Crippen LogP contribution in [0, 0.1) is 0 Å². The van der Waals surface area contributed by atoms with Gasteiger partial charge in [0.05, 0.1) is 0 Å². The number of hydrogen-bond acceptors (Lipinski definition) is 2. The van der Waals surface area contributed by atoms with Crippen LogP contribution in [0.25, 0.3) is 44.2 Å². The normalized spacial score (nSPS) is 10.9. The standard InChI is InChI=1S/C28H22N2/c29-22-15-13-20(14-16-22)24-17-18-26(30)27(21-8-2-1-3-9-21)28(24)25-12-6-10-19-7-4-5-11-23(19)25/h1-18H,29-30H2. The molecule has 0 amide bonds. The smallest absolute Gasteiger partial charge is 0.0400 e. The van der Waals surface area contributed by atoms with Crippen molar-refractivity contribution in [2.45, 2.75) is 0 Å².